The van der Waals surface area contributed by atoms with Gasteiger partial charge in [-0.25, -0.2) is 4.39 Å². The molecule has 2 saturated heterocycles. The minimum atomic E-state index is -0.557. The van der Waals surface area contributed by atoms with E-state index in [-0.39, 0.29) is 17.6 Å². The van der Waals surface area contributed by atoms with Crippen LogP contribution in [0, 0.1) is 11.7 Å². The average Bonchev–Trinajstić information content (AvgIpc) is 3.09. The molecule has 0 saturated carbocycles. The van der Waals surface area contributed by atoms with Gasteiger partial charge in [0.05, 0.1) is 0 Å². The Hall–Kier alpha value is -1.91. The summed E-state index contributed by atoms with van der Waals surface area (Å²) >= 11 is 0. The number of carbonyl (C=O) groups is 2. The summed E-state index contributed by atoms with van der Waals surface area (Å²) in [6.45, 7) is 2.05. The maximum Gasteiger partial charge on any atom is 0.239 e. The maximum absolute atomic E-state index is 12.9. The third kappa shape index (κ3) is 2.28. The number of amides is 2. The first-order valence-electron chi connectivity index (χ1n) is 7.02. The van der Waals surface area contributed by atoms with E-state index in [2.05, 4.69) is 0 Å². The van der Waals surface area contributed by atoms with Gasteiger partial charge in [-0.2, -0.15) is 0 Å². The number of rotatable bonds is 2. The van der Waals surface area contributed by atoms with Crippen LogP contribution in [-0.2, 0) is 9.59 Å². The molecule has 0 radical (unpaired) electrons. The second-order valence-corrected chi connectivity index (χ2v) is 5.34. The summed E-state index contributed by atoms with van der Waals surface area (Å²) < 4.78 is 12.9. The molecule has 0 bridgehead atoms. The normalized spacial score (nSPS) is 22.6. The van der Waals surface area contributed by atoms with E-state index < -0.39 is 5.92 Å². The lowest BCUT2D eigenvalue weighted by molar-refractivity contribution is -0.139. The highest BCUT2D eigenvalue weighted by atomic mass is 19.1. The van der Waals surface area contributed by atoms with E-state index in [9.17, 15) is 14.0 Å². The molecule has 1 aromatic carbocycles. The standard InChI is InChI=1S/C15H17FN2O2/c16-11-3-5-12(6-4-11)18-10-7-13(15(18)20)14(19)17-8-1-2-9-17/h3-6,13H,1-2,7-10H2. The molecule has 20 heavy (non-hydrogen) atoms. The number of carbonyl (C=O) groups excluding carboxylic acids is 2. The predicted octanol–water partition coefficient (Wildman–Crippen LogP) is 1.80. The van der Waals surface area contributed by atoms with Gasteiger partial charge in [-0.05, 0) is 43.5 Å². The van der Waals surface area contributed by atoms with Crippen LogP contribution in [0.25, 0.3) is 0 Å². The second kappa shape index (κ2) is 5.23. The molecule has 5 heteroatoms. The van der Waals surface area contributed by atoms with Gasteiger partial charge < -0.3 is 9.80 Å². The summed E-state index contributed by atoms with van der Waals surface area (Å²) in [4.78, 5) is 28.1. The highest BCUT2D eigenvalue weighted by Gasteiger charge is 2.40. The molecule has 4 nitrogen and oxygen atoms in total. The van der Waals surface area contributed by atoms with Gasteiger partial charge in [-0.1, -0.05) is 0 Å². The molecular weight excluding hydrogens is 259 g/mol. The highest BCUT2D eigenvalue weighted by Crippen LogP contribution is 2.27. The lowest BCUT2D eigenvalue weighted by Gasteiger charge is -2.20. The van der Waals surface area contributed by atoms with Crippen molar-refractivity contribution in [2.45, 2.75) is 19.3 Å². The molecule has 106 valence electrons. The van der Waals surface area contributed by atoms with Gasteiger partial charge >= 0.3 is 0 Å². The van der Waals surface area contributed by atoms with E-state index >= 15 is 0 Å². The number of anilines is 1. The Morgan fingerprint density at radius 3 is 2.40 bits per heavy atom. The van der Waals surface area contributed by atoms with Crippen molar-refractivity contribution in [2.24, 2.45) is 5.92 Å². The van der Waals surface area contributed by atoms with Gasteiger partial charge in [0.15, 0.2) is 0 Å². The SMILES string of the molecule is O=C(C1CCN(c2ccc(F)cc2)C1=O)N1CCCC1. The summed E-state index contributed by atoms with van der Waals surface area (Å²) in [5, 5.41) is 0. The van der Waals surface area contributed by atoms with Gasteiger partial charge in [0.1, 0.15) is 11.7 Å². The molecule has 1 atom stereocenters. The van der Waals surface area contributed by atoms with E-state index in [0.717, 1.165) is 25.9 Å². The van der Waals surface area contributed by atoms with Crippen molar-refractivity contribution in [2.75, 3.05) is 24.5 Å². The summed E-state index contributed by atoms with van der Waals surface area (Å²) in [5.41, 5.74) is 0.660. The van der Waals surface area contributed by atoms with E-state index in [4.69, 9.17) is 0 Å². The third-order valence-corrected chi connectivity index (χ3v) is 4.06. The first kappa shape index (κ1) is 13.1. The number of halogens is 1. The largest absolute Gasteiger partial charge is 0.342 e. The molecule has 1 unspecified atom stereocenters. The molecular formula is C15H17FN2O2. The quantitative estimate of drug-likeness (QED) is 0.773. The summed E-state index contributed by atoms with van der Waals surface area (Å²) in [7, 11) is 0. The van der Waals surface area contributed by atoms with Crippen LogP contribution in [0.2, 0.25) is 0 Å². The van der Waals surface area contributed by atoms with Gasteiger partial charge in [0.25, 0.3) is 0 Å². The van der Waals surface area contributed by atoms with Crippen LogP contribution in [-0.4, -0.2) is 36.3 Å². The number of hydrogen-bond acceptors (Lipinski definition) is 2. The number of hydrogen-bond donors (Lipinski definition) is 0. The zero-order valence-corrected chi connectivity index (χ0v) is 11.2. The van der Waals surface area contributed by atoms with Crippen LogP contribution in [0.15, 0.2) is 24.3 Å². The molecule has 3 rings (SSSR count). The van der Waals surface area contributed by atoms with Crippen molar-refractivity contribution in [1.29, 1.82) is 0 Å². The molecule has 1 aromatic rings. The Balaban J connectivity index is 1.73. The minimum Gasteiger partial charge on any atom is -0.342 e. The van der Waals surface area contributed by atoms with Crippen molar-refractivity contribution < 1.29 is 14.0 Å². The Morgan fingerprint density at radius 2 is 1.75 bits per heavy atom. The van der Waals surface area contributed by atoms with Crippen LogP contribution >= 0.6 is 0 Å². The van der Waals surface area contributed by atoms with Gasteiger partial charge in [0, 0.05) is 25.3 Å². The van der Waals surface area contributed by atoms with Crippen molar-refractivity contribution >= 4 is 17.5 Å². The highest BCUT2D eigenvalue weighted by molar-refractivity contribution is 6.09. The second-order valence-electron chi connectivity index (χ2n) is 5.34. The van der Waals surface area contributed by atoms with E-state index in [1.54, 1.807) is 21.9 Å². The van der Waals surface area contributed by atoms with Crippen LogP contribution in [0.3, 0.4) is 0 Å². The zero-order chi connectivity index (χ0) is 14.1. The fraction of sp³-hybridized carbons (Fsp3) is 0.467. The maximum atomic E-state index is 12.9. The Kier molecular flexibility index (Phi) is 3.42. The van der Waals surface area contributed by atoms with Gasteiger partial charge in [-0.15, -0.1) is 0 Å². The van der Waals surface area contributed by atoms with Crippen LogP contribution < -0.4 is 4.90 Å². The van der Waals surface area contributed by atoms with E-state index in [1.165, 1.54) is 12.1 Å². The molecule has 0 aromatic heterocycles. The molecule has 2 fully saturated rings. The molecule has 0 spiro atoms. The number of likely N-dealkylation sites (tertiary alicyclic amines) is 1. The zero-order valence-electron chi connectivity index (χ0n) is 11.2. The molecule has 2 amide bonds. The average molecular weight is 276 g/mol. The van der Waals surface area contributed by atoms with Crippen LogP contribution in [0.4, 0.5) is 10.1 Å². The summed E-state index contributed by atoms with van der Waals surface area (Å²) in [6, 6.07) is 5.82. The summed E-state index contributed by atoms with van der Waals surface area (Å²) in [6.07, 6.45) is 2.59. The Morgan fingerprint density at radius 1 is 1.10 bits per heavy atom. The minimum absolute atomic E-state index is 0.0443. The molecule has 0 aliphatic carbocycles. The van der Waals surface area contributed by atoms with E-state index in [1.807, 2.05) is 0 Å². The van der Waals surface area contributed by atoms with Gasteiger partial charge in [-0.3, -0.25) is 9.59 Å². The first-order chi connectivity index (χ1) is 9.66. The van der Waals surface area contributed by atoms with Crippen molar-refractivity contribution in [3.63, 3.8) is 0 Å². The lowest BCUT2D eigenvalue weighted by Crippen LogP contribution is -2.38. The smallest absolute Gasteiger partial charge is 0.239 e. The lowest BCUT2D eigenvalue weighted by atomic mass is 10.1. The predicted molar refractivity (Wildman–Crippen MR) is 72.7 cm³/mol. The molecule has 2 aliphatic rings. The summed E-state index contributed by atoms with van der Waals surface area (Å²) in [5.74, 6) is -1.09. The van der Waals surface area contributed by atoms with Gasteiger partial charge in [0.2, 0.25) is 11.8 Å². The molecule has 2 aliphatic heterocycles. The Labute approximate surface area is 117 Å². The van der Waals surface area contributed by atoms with E-state index in [0.29, 0.717) is 18.7 Å². The Bertz CT molecular complexity index is 523. The van der Waals surface area contributed by atoms with Crippen LogP contribution in [0.5, 0.6) is 0 Å². The number of nitrogens with zero attached hydrogens (tertiary/aromatic N) is 2. The molecule has 0 N–H and O–H groups in total. The third-order valence-electron chi connectivity index (χ3n) is 4.06. The van der Waals surface area contributed by atoms with Crippen molar-refractivity contribution in [1.82, 2.24) is 4.90 Å². The van der Waals surface area contributed by atoms with Crippen molar-refractivity contribution in [3.05, 3.63) is 30.1 Å². The van der Waals surface area contributed by atoms with Crippen molar-refractivity contribution in [3.8, 4) is 0 Å². The first-order valence-corrected chi connectivity index (χ1v) is 7.02. The molecule has 2 heterocycles. The fourth-order valence-electron chi connectivity index (χ4n) is 2.94. The fourth-order valence-corrected chi connectivity index (χ4v) is 2.94. The number of benzene rings is 1. The van der Waals surface area contributed by atoms with Crippen LogP contribution in [0.1, 0.15) is 19.3 Å². The topological polar surface area (TPSA) is 40.6 Å². The monoisotopic (exact) mass is 276 g/mol.